The number of rotatable bonds is 4. The van der Waals surface area contributed by atoms with Crippen LogP contribution in [0.25, 0.3) is 131 Å². The van der Waals surface area contributed by atoms with E-state index in [1.54, 1.807) is 0 Å². The smallest absolute Gasteiger partial charge is 0.160 e. The predicted octanol–water partition coefficient (Wildman–Crippen LogP) is 16.4. The van der Waals surface area contributed by atoms with Crippen LogP contribution in [0, 0.1) is 0 Å². The molecule has 0 saturated heterocycles. The Hall–Kier alpha value is -8.20. The Bertz CT molecular complexity index is 3900. The molecule has 2 heteroatoms. The van der Waals surface area contributed by atoms with Gasteiger partial charge in [0.1, 0.15) is 0 Å². The zero-order valence-corrected chi connectivity index (χ0v) is 33.7. The van der Waals surface area contributed by atoms with Crippen LogP contribution in [-0.4, -0.2) is 9.97 Å². The molecule has 0 spiro atoms. The molecule has 12 aromatic carbocycles. The third kappa shape index (κ3) is 5.23. The molecule has 0 atom stereocenters. The molecule has 0 bridgehead atoms. The molecular weight excluding hydrogens is 749 g/mol. The summed E-state index contributed by atoms with van der Waals surface area (Å²) in [4.78, 5) is 10.2. The quantitative estimate of drug-likeness (QED) is 0.131. The maximum absolute atomic E-state index is 5.17. The van der Waals surface area contributed by atoms with Crippen molar-refractivity contribution in [3.63, 3.8) is 0 Å². The van der Waals surface area contributed by atoms with Gasteiger partial charge in [-0.2, -0.15) is 0 Å². The van der Waals surface area contributed by atoms with E-state index in [4.69, 9.17) is 9.97 Å². The Labute approximate surface area is 358 Å². The fraction of sp³-hybridized carbons (Fsp3) is 0. The molecule has 1 aromatic heterocycles. The lowest BCUT2D eigenvalue weighted by atomic mass is 9.84. The Morgan fingerprint density at radius 2 is 0.710 bits per heavy atom. The number of benzene rings is 11. The average Bonchev–Trinajstić information content (AvgIpc) is 3.34. The zero-order chi connectivity index (χ0) is 40.7. The van der Waals surface area contributed by atoms with E-state index >= 15 is 0 Å². The van der Waals surface area contributed by atoms with Gasteiger partial charge in [0.15, 0.2) is 5.82 Å². The number of para-hydroxylation sites is 1. The second-order valence-electron chi connectivity index (χ2n) is 16.4. The third-order valence-corrected chi connectivity index (χ3v) is 13.0. The first-order valence-corrected chi connectivity index (χ1v) is 21.3. The molecule has 0 saturated carbocycles. The Kier molecular flexibility index (Phi) is 7.64. The topological polar surface area (TPSA) is 25.8 Å². The van der Waals surface area contributed by atoms with Crippen LogP contribution in [0.1, 0.15) is 0 Å². The van der Waals surface area contributed by atoms with Gasteiger partial charge < -0.3 is 0 Å². The van der Waals surface area contributed by atoms with E-state index in [0.29, 0.717) is 0 Å². The summed E-state index contributed by atoms with van der Waals surface area (Å²) < 4.78 is 0. The van der Waals surface area contributed by atoms with E-state index < -0.39 is 0 Å². The van der Waals surface area contributed by atoms with Crippen LogP contribution in [0.5, 0.6) is 0 Å². The molecule has 62 heavy (non-hydrogen) atoms. The molecule has 0 aliphatic carbocycles. The lowest BCUT2D eigenvalue weighted by Crippen LogP contribution is -1.95. The monoisotopic (exact) mass is 784 g/mol. The first-order chi connectivity index (χ1) is 30.8. The van der Waals surface area contributed by atoms with Gasteiger partial charge in [0.2, 0.25) is 0 Å². The fourth-order valence-corrected chi connectivity index (χ4v) is 10.3. The molecule has 0 amide bonds. The molecule has 286 valence electrons. The van der Waals surface area contributed by atoms with E-state index in [0.717, 1.165) is 39.1 Å². The van der Waals surface area contributed by atoms with Gasteiger partial charge >= 0.3 is 0 Å². The summed E-state index contributed by atoms with van der Waals surface area (Å²) in [5.74, 6) is 0.718. The maximum atomic E-state index is 5.17. The molecule has 0 N–H and O–H groups in total. The van der Waals surface area contributed by atoms with Crippen molar-refractivity contribution in [3.05, 3.63) is 218 Å². The van der Waals surface area contributed by atoms with Gasteiger partial charge in [-0.15, -0.1) is 0 Å². The molecule has 13 aromatic rings. The van der Waals surface area contributed by atoms with E-state index in [-0.39, 0.29) is 0 Å². The minimum absolute atomic E-state index is 0.718. The van der Waals surface area contributed by atoms with Gasteiger partial charge in [0.25, 0.3) is 0 Å². The summed E-state index contributed by atoms with van der Waals surface area (Å²) in [5, 5.41) is 18.7. The van der Waals surface area contributed by atoms with Crippen LogP contribution in [0.2, 0.25) is 0 Å². The lowest BCUT2D eigenvalue weighted by Gasteiger charge is -2.19. The van der Waals surface area contributed by atoms with Crippen LogP contribution >= 0.6 is 0 Å². The zero-order valence-electron chi connectivity index (χ0n) is 33.7. The van der Waals surface area contributed by atoms with Gasteiger partial charge in [-0.05, 0) is 116 Å². The molecule has 2 nitrogen and oxygen atoms in total. The molecular formula is C60H36N2. The summed E-state index contributed by atoms with van der Waals surface area (Å²) in [7, 11) is 0. The van der Waals surface area contributed by atoms with Crippen molar-refractivity contribution in [2.45, 2.75) is 0 Å². The molecule has 0 radical (unpaired) electrons. The second-order valence-corrected chi connectivity index (χ2v) is 16.4. The summed E-state index contributed by atoms with van der Waals surface area (Å²) in [6.07, 6.45) is 0. The van der Waals surface area contributed by atoms with Crippen LogP contribution in [0.4, 0.5) is 0 Å². The highest BCUT2D eigenvalue weighted by Gasteiger charge is 2.20. The molecule has 0 aliphatic heterocycles. The lowest BCUT2D eigenvalue weighted by molar-refractivity contribution is 1.23. The minimum atomic E-state index is 0.718. The standard InChI is InChI=1S/C60H36N2/c1-2-15-39(16-3-1)59-52-26-12-13-28-54(52)61-60(62-59)40-32-29-38(30-33-40)55-48-22-8-10-24-50(48)56(51-25-11-9-23-49(51)55)42-35-41-34-31-37-17-14-27-47-45-20-6-4-18-43(45)44-19-5-7-21-46(44)53(36-42)58(41)57(37)47/h1-36H. The largest absolute Gasteiger partial charge is 0.228 e. The summed E-state index contributed by atoms with van der Waals surface area (Å²) in [6, 6.07) is 79.6. The Morgan fingerprint density at radius 3 is 1.35 bits per heavy atom. The van der Waals surface area contributed by atoms with Gasteiger partial charge in [-0.1, -0.05) is 200 Å². The van der Waals surface area contributed by atoms with Gasteiger partial charge in [0.05, 0.1) is 11.2 Å². The van der Waals surface area contributed by atoms with Crippen molar-refractivity contribution in [1.29, 1.82) is 0 Å². The highest BCUT2D eigenvalue weighted by atomic mass is 14.9. The molecule has 0 fully saturated rings. The second kappa shape index (κ2) is 13.7. The number of hydrogen-bond donors (Lipinski definition) is 0. The van der Waals surface area contributed by atoms with Crippen molar-refractivity contribution in [3.8, 4) is 44.9 Å². The van der Waals surface area contributed by atoms with Gasteiger partial charge in [-0.25, -0.2) is 9.97 Å². The number of hydrogen-bond acceptors (Lipinski definition) is 2. The van der Waals surface area contributed by atoms with E-state index in [1.807, 2.05) is 12.1 Å². The van der Waals surface area contributed by atoms with Crippen molar-refractivity contribution in [2.75, 3.05) is 0 Å². The van der Waals surface area contributed by atoms with Gasteiger partial charge in [0, 0.05) is 16.5 Å². The minimum Gasteiger partial charge on any atom is -0.228 e. The summed E-state index contributed by atoms with van der Waals surface area (Å²) in [6.45, 7) is 0. The SMILES string of the molecule is c1ccc(-c2nc(-c3ccc(-c4c5ccccc5c(-c5cc6ccc7cccc8c9ccccc9c9ccccc9c(c5)c6c78)c5ccccc45)cc3)nc3ccccc23)cc1. The maximum Gasteiger partial charge on any atom is 0.160 e. The van der Waals surface area contributed by atoms with Crippen LogP contribution in [0.3, 0.4) is 0 Å². The normalized spacial score (nSPS) is 11.9. The highest BCUT2D eigenvalue weighted by Crippen LogP contribution is 2.47. The summed E-state index contributed by atoms with van der Waals surface area (Å²) in [5.41, 5.74) is 8.79. The van der Waals surface area contributed by atoms with E-state index in [1.165, 1.54) is 92.1 Å². The summed E-state index contributed by atoms with van der Waals surface area (Å²) >= 11 is 0. The van der Waals surface area contributed by atoms with Crippen molar-refractivity contribution >= 4 is 86.3 Å². The van der Waals surface area contributed by atoms with Crippen LogP contribution in [-0.2, 0) is 0 Å². The van der Waals surface area contributed by atoms with Crippen molar-refractivity contribution in [1.82, 2.24) is 9.97 Å². The van der Waals surface area contributed by atoms with Crippen LogP contribution in [0.15, 0.2) is 218 Å². The van der Waals surface area contributed by atoms with E-state index in [2.05, 4.69) is 206 Å². The Balaban J connectivity index is 1.05. The van der Waals surface area contributed by atoms with Crippen LogP contribution < -0.4 is 0 Å². The number of nitrogens with zero attached hydrogens (tertiary/aromatic N) is 2. The third-order valence-electron chi connectivity index (χ3n) is 13.0. The molecule has 1 heterocycles. The van der Waals surface area contributed by atoms with Crippen molar-refractivity contribution in [2.24, 2.45) is 0 Å². The number of aromatic nitrogens is 2. The molecule has 13 rings (SSSR count). The first kappa shape index (κ1) is 34.6. The Morgan fingerprint density at radius 1 is 0.242 bits per heavy atom. The van der Waals surface area contributed by atoms with Gasteiger partial charge in [-0.3, -0.25) is 0 Å². The molecule has 0 aliphatic rings. The van der Waals surface area contributed by atoms with E-state index in [9.17, 15) is 0 Å². The molecule has 0 unspecified atom stereocenters. The average molecular weight is 785 g/mol. The first-order valence-electron chi connectivity index (χ1n) is 21.3. The fourth-order valence-electron chi connectivity index (χ4n) is 10.3. The van der Waals surface area contributed by atoms with Crippen molar-refractivity contribution < 1.29 is 0 Å². The predicted molar refractivity (Wildman–Crippen MR) is 264 cm³/mol. The highest BCUT2D eigenvalue weighted by molar-refractivity contribution is 6.34. The number of fused-ring (bicyclic) bond motifs is 8.